The average molecular weight is 179 g/mol. The van der Waals surface area contributed by atoms with Crippen molar-refractivity contribution in [2.75, 3.05) is 0 Å². The Bertz CT molecular complexity index is 159. The van der Waals surface area contributed by atoms with Crippen molar-refractivity contribution >= 4 is 0 Å². The van der Waals surface area contributed by atoms with Crippen molar-refractivity contribution < 1.29 is 0 Å². The lowest BCUT2D eigenvalue weighted by atomic mass is 10.0. The van der Waals surface area contributed by atoms with Crippen LogP contribution in [-0.2, 0) is 0 Å². The Morgan fingerprint density at radius 3 is 2.54 bits per heavy atom. The van der Waals surface area contributed by atoms with E-state index in [-0.39, 0.29) is 0 Å². The molecule has 0 spiro atoms. The minimum Gasteiger partial charge on any atom is -0.0880 e. The molecule has 0 amide bonds. The maximum absolute atomic E-state index is 2.33. The van der Waals surface area contributed by atoms with Crippen molar-refractivity contribution in [1.82, 2.24) is 0 Å². The summed E-state index contributed by atoms with van der Waals surface area (Å²) in [5.41, 5.74) is 1.43. The first-order chi connectivity index (χ1) is 6.16. The molecule has 75 valence electrons. The third kappa shape index (κ3) is 9.39. The summed E-state index contributed by atoms with van der Waals surface area (Å²) in [5, 5.41) is 0. The minimum atomic E-state index is 0.812. The lowest BCUT2D eigenvalue weighted by molar-refractivity contribution is 0.545. The third-order valence-corrected chi connectivity index (χ3v) is 2.08. The van der Waals surface area contributed by atoms with E-state index in [1.165, 1.54) is 24.8 Å². The van der Waals surface area contributed by atoms with E-state index in [1.54, 1.807) is 0 Å². The summed E-state index contributed by atoms with van der Waals surface area (Å²) in [4.78, 5) is 0. The molecule has 0 heteroatoms. The molecule has 0 aliphatic rings. The summed E-state index contributed by atoms with van der Waals surface area (Å²) < 4.78 is 0. The molecule has 0 unspecified atom stereocenters. The summed E-state index contributed by atoms with van der Waals surface area (Å²) in [5.74, 6) is 0.812. The highest BCUT2D eigenvalue weighted by Crippen LogP contribution is 2.12. The Morgan fingerprint density at radius 1 is 1.31 bits per heavy atom. The lowest BCUT2D eigenvalue weighted by Crippen LogP contribution is -1.91. The monoisotopic (exact) mass is 179 g/mol. The van der Waals surface area contributed by atoms with E-state index in [0.29, 0.717) is 0 Å². The first-order valence-corrected chi connectivity index (χ1v) is 5.24. The molecule has 13 heavy (non-hydrogen) atoms. The van der Waals surface area contributed by atoms with Crippen LogP contribution in [0.15, 0.2) is 23.8 Å². The van der Waals surface area contributed by atoms with Gasteiger partial charge in [0.05, 0.1) is 0 Å². The van der Waals surface area contributed by atoms with E-state index in [4.69, 9.17) is 0 Å². The molecule has 1 radical (unpaired) electrons. The Labute approximate surface area is 83.7 Å². The molecule has 0 N–H and O–H groups in total. The van der Waals surface area contributed by atoms with Gasteiger partial charge < -0.3 is 0 Å². The fourth-order valence-electron chi connectivity index (χ4n) is 1.22. The van der Waals surface area contributed by atoms with Crippen LogP contribution in [0.4, 0.5) is 0 Å². The zero-order valence-electron chi connectivity index (χ0n) is 9.51. The first-order valence-electron chi connectivity index (χ1n) is 5.24. The van der Waals surface area contributed by atoms with Gasteiger partial charge in [-0.3, -0.25) is 0 Å². The smallest absolute Gasteiger partial charge is 0.0202 e. The summed E-state index contributed by atoms with van der Waals surface area (Å²) in [7, 11) is 0. The van der Waals surface area contributed by atoms with Gasteiger partial charge in [-0.1, -0.05) is 37.6 Å². The van der Waals surface area contributed by atoms with Gasteiger partial charge in [0, 0.05) is 0 Å². The summed E-state index contributed by atoms with van der Waals surface area (Å²) in [6, 6.07) is 0. The van der Waals surface area contributed by atoms with Gasteiger partial charge in [0.2, 0.25) is 0 Å². The fraction of sp³-hybridized carbons (Fsp3) is 0.615. The molecule has 0 aliphatic carbocycles. The molecular formula is C13H23. The molecule has 0 heterocycles. The Kier molecular flexibility index (Phi) is 7.77. The minimum absolute atomic E-state index is 0.812. The highest BCUT2D eigenvalue weighted by atomic mass is 14.0. The van der Waals surface area contributed by atoms with Gasteiger partial charge in [-0.15, -0.1) is 0 Å². The van der Waals surface area contributed by atoms with Crippen LogP contribution in [0, 0.1) is 12.3 Å². The van der Waals surface area contributed by atoms with Crippen molar-refractivity contribution in [3.63, 3.8) is 0 Å². The molecular weight excluding hydrogens is 156 g/mol. The highest BCUT2D eigenvalue weighted by molar-refractivity contribution is 4.94. The van der Waals surface area contributed by atoms with Crippen LogP contribution < -0.4 is 0 Å². The van der Waals surface area contributed by atoms with E-state index in [0.717, 1.165) is 5.92 Å². The van der Waals surface area contributed by atoms with Gasteiger partial charge in [-0.05, 0) is 45.4 Å². The van der Waals surface area contributed by atoms with Gasteiger partial charge in [0.15, 0.2) is 0 Å². The lowest BCUT2D eigenvalue weighted by Gasteiger charge is -2.05. The molecule has 1 atom stereocenters. The van der Waals surface area contributed by atoms with Crippen molar-refractivity contribution in [2.24, 2.45) is 5.92 Å². The van der Waals surface area contributed by atoms with E-state index in [9.17, 15) is 0 Å². The molecule has 0 nitrogen and oxygen atoms in total. The van der Waals surface area contributed by atoms with Gasteiger partial charge in [-0.2, -0.15) is 0 Å². The molecule has 0 aliphatic heterocycles. The summed E-state index contributed by atoms with van der Waals surface area (Å²) in [6.45, 7) is 8.70. The fourth-order valence-corrected chi connectivity index (χ4v) is 1.22. The zero-order valence-corrected chi connectivity index (χ0v) is 9.51. The summed E-state index contributed by atoms with van der Waals surface area (Å²) >= 11 is 0. The molecule has 0 aromatic rings. The predicted octanol–water partition coefficient (Wildman–Crippen LogP) is 4.54. The number of hydrogen-bond acceptors (Lipinski definition) is 0. The molecule has 0 bridgehead atoms. The molecule has 0 fully saturated rings. The van der Waals surface area contributed by atoms with Crippen LogP contribution in [0.1, 0.15) is 47.0 Å². The quantitative estimate of drug-likeness (QED) is 0.525. The number of allylic oxidation sites excluding steroid dienone is 4. The zero-order chi connectivity index (χ0) is 10.1. The second kappa shape index (κ2) is 8.10. The Balaban J connectivity index is 3.46. The molecule has 0 saturated heterocycles. The van der Waals surface area contributed by atoms with Crippen molar-refractivity contribution in [2.45, 2.75) is 47.0 Å². The topological polar surface area (TPSA) is 0 Å². The van der Waals surface area contributed by atoms with Crippen molar-refractivity contribution in [3.05, 3.63) is 30.2 Å². The van der Waals surface area contributed by atoms with Gasteiger partial charge in [0.25, 0.3) is 0 Å². The van der Waals surface area contributed by atoms with Gasteiger partial charge >= 0.3 is 0 Å². The number of rotatable bonds is 6. The highest BCUT2D eigenvalue weighted by Gasteiger charge is 1.96. The molecule has 0 aromatic heterocycles. The molecule has 0 rings (SSSR count). The normalized spacial score (nSPS) is 13.2. The van der Waals surface area contributed by atoms with Crippen LogP contribution in [0.3, 0.4) is 0 Å². The van der Waals surface area contributed by atoms with Crippen molar-refractivity contribution in [1.29, 1.82) is 0 Å². The summed E-state index contributed by atoms with van der Waals surface area (Å²) in [6.07, 6.45) is 12.5. The Hall–Kier alpha value is -0.520. The third-order valence-electron chi connectivity index (χ3n) is 2.08. The van der Waals surface area contributed by atoms with Crippen molar-refractivity contribution in [3.8, 4) is 0 Å². The largest absolute Gasteiger partial charge is 0.0880 e. The standard InChI is InChI=1S/C13H23/c1-5-6-7-10-13(4)11-8-9-12(2)3/h5-7,9,13H,8,10-11H2,1-4H3/b7-6+/t13-/m0/s1. The van der Waals surface area contributed by atoms with Gasteiger partial charge in [-0.25, -0.2) is 0 Å². The first kappa shape index (κ1) is 12.5. The van der Waals surface area contributed by atoms with E-state index in [1.807, 2.05) is 0 Å². The second-order valence-electron chi connectivity index (χ2n) is 3.96. The van der Waals surface area contributed by atoms with E-state index in [2.05, 4.69) is 52.3 Å². The van der Waals surface area contributed by atoms with Crippen LogP contribution in [-0.4, -0.2) is 0 Å². The van der Waals surface area contributed by atoms with E-state index >= 15 is 0 Å². The average Bonchev–Trinajstić information content (AvgIpc) is 2.04. The van der Waals surface area contributed by atoms with Crippen LogP contribution in [0.25, 0.3) is 0 Å². The van der Waals surface area contributed by atoms with Crippen LogP contribution in [0.5, 0.6) is 0 Å². The van der Waals surface area contributed by atoms with Crippen LogP contribution >= 0.6 is 0 Å². The maximum Gasteiger partial charge on any atom is -0.0202 e. The second-order valence-corrected chi connectivity index (χ2v) is 3.96. The predicted molar refractivity (Wildman–Crippen MR) is 61.6 cm³/mol. The molecule has 0 aromatic carbocycles. The van der Waals surface area contributed by atoms with Gasteiger partial charge in [0.1, 0.15) is 0 Å². The maximum atomic E-state index is 2.33. The molecule has 0 saturated carbocycles. The Morgan fingerprint density at radius 2 is 2.00 bits per heavy atom. The number of hydrogen-bond donors (Lipinski definition) is 0. The van der Waals surface area contributed by atoms with Crippen LogP contribution in [0.2, 0.25) is 0 Å². The van der Waals surface area contributed by atoms with E-state index < -0.39 is 0 Å². The SMILES string of the molecule is C[CH]/C=C/C[C@H](C)CCC=C(C)C.